The first-order valence-corrected chi connectivity index (χ1v) is 9.80. The smallest absolute Gasteiger partial charge is 0.292 e. The van der Waals surface area contributed by atoms with Crippen LogP contribution in [0.3, 0.4) is 0 Å². The number of anilines is 2. The summed E-state index contributed by atoms with van der Waals surface area (Å²) in [6, 6.07) is 12.9. The molecule has 0 aliphatic carbocycles. The van der Waals surface area contributed by atoms with Crippen LogP contribution in [0.2, 0.25) is 0 Å². The van der Waals surface area contributed by atoms with E-state index in [9.17, 15) is 14.5 Å². The quantitative estimate of drug-likeness (QED) is 0.370. The van der Waals surface area contributed by atoms with Crippen LogP contribution in [0, 0.1) is 15.9 Å². The number of aromatic nitrogens is 4. The van der Waals surface area contributed by atoms with E-state index >= 15 is 0 Å². The van der Waals surface area contributed by atoms with Gasteiger partial charge in [0, 0.05) is 32.2 Å². The van der Waals surface area contributed by atoms with Gasteiger partial charge in [0.2, 0.25) is 0 Å². The number of para-hydroxylation sites is 2. The third kappa shape index (κ3) is 3.41. The van der Waals surface area contributed by atoms with Gasteiger partial charge in [-0.3, -0.25) is 10.1 Å². The van der Waals surface area contributed by atoms with E-state index in [1.54, 1.807) is 35.1 Å². The number of rotatable bonds is 4. The van der Waals surface area contributed by atoms with Gasteiger partial charge < -0.3 is 9.80 Å². The van der Waals surface area contributed by atoms with E-state index in [1.165, 1.54) is 24.5 Å². The van der Waals surface area contributed by atoms with Crippen molar-refractivity contribution in [2.75, 3.05) is 36.0 Å². The first kappa shape index (κ1) is 18.9. The second-order valence-corrected chi connectivity index (χ2v) is 7.19. The van der Waals surface area contributed by atoms with Crippen molar-refractivity contribution in [1.82, 2.24) is 19.7 Å². The number of nitro groups is 1. The van der Waals surface area contributed by atoms with Crippen molar-refractivity contribution < 1.29 is 9.31 Å². The molecule has 0 saturated carbocycles. The van der Waals surface area contributed by atoms with Crippen molar-refractivity contribution in [1.29, 1.82) is 0 Å². The number of benzene rings is 2. The summed E-state index contributed by atoms with van der Waals surface area (Å²) in [4.78, 5) is 24.0. The molecule has 0 spiro atoms. The molecular formula is C21H18FN7O2. The number of fused-ring (bicyclic) bond motifs is 1. The van der Waals surface area contributed by atoms with E-state index < -0.39 is 0 Å². The lowest BCUT2D eigenvalue weighted by Gasteiger charge is -2.36. The third-order valence-electron chi connectivity index (χ3n) is 5.41. The lowest BCUT2D eigenvalue weighted by atomic mass is 10.2. The van der Waals surface area contributed by atoms with Crippen molar-refractivity contribution in [2.45, 2.75) is 0 Å². The highest BCUT2D eigenvalue weighted by Crippen LogP contribution is 2.30. The van der Waals surface area contributed by atoms with E-state index in [-0.39, 0.29) is 16.4 Å². The Morgan fingerprint density at radius 2 is 1.65 bits per heavy atom. The van der Waals surface area contributed by atoms with Gasteiger partial charge in [-0.25, -0.2) is 19.0 Å². The fourth-order valence-corrected chi connectivity index (χ4v) is 3.90. The monoisotopic (exact) mass is 419 g/mol. The Bertz CT molecular complexity index is 1250. The highest BCUT2D eigenvalue weighted by molar-refractivity contribution is 5.87. The molecule has 156 valence electrons. The molecule has 0 atom stereocenters. The molecule has 31 heavy (non-hydrogen) atoms. The van der Waals surface area contributed by atoms with E-state index in [0.29, 0.717) is 43.2 Å². The number of hydrogen-bond donors (Lipinski definition) is 0. The molecule has 4 aromatic rings. The Hall–Kier alpha value is -4.08. The lowest BCUT2D eigenvalue weighted by molar-refractivity contribution is -0.384. The van der Waals surface area contributed by atoms with E-state index in [0.717, 1.165) is 11.2 Å². The van der Waals surface area contributed by atoms with Crippen LogP contribution in [-0.4, -0.2) is 50.9 Å². The minimum Gasteiger partial charge on any atom is -0.362 e. The van der Waals surface area contributed by atoms with Gasteiger partial charge in [-0.05, 0) is 30.3 Å². The van der Waals surface area contributed by atoms with Crippen LogP contribution in [0.4, 0.5) is 21.6 Å². The second-order valence-electron chi connectivity index (χ2n) is 7.19. The highest BCUT2D eigenvalue weighted by Gasteiger charge is 2.25. The molecular weight excluding hydrogens is 401 g/mol. The number of nitro benzene ring substituents is 1. The molecule has 0 amide bonds. The molecule has 5 rings (SSSR count). The van der Waals surface area contributed by atoms with Crippen LogP contribution in [0.15, 0.2) is 61.1 Å². The first-order chi connectivity index (χ1) is 15.1. The van der Waals surface area contributed by atoms with Gasteiger partial charge >= 0.3 is 0 Å². The summed E-state index contributed by atoms with van der Waals surface area (Å²) in [5, 5.41) is 16.6. The minimum absolute atomic E-state index is 0.112. The zero-order valence-electron chi connectivity index (χ0n) is 16.4. The number of halogens is 1. The predicted octanol–water partition coefficient (Wildman–Crippen LogP) is 3.19. The van der Waals surface area contributed by atoms with Crippen molar-refractivity contribution in [3.8, 4) is 5.69 Å². The van der Waals surface area contributed by atoms with Crippen LogP contribution in [0.1, 0.15) is 0 Å². The summed E-state index contributed by atoms with van der Waals surface area (Å²) in [5.41, 5.74) is 2.09. The third-order valence-corrected chi connectivity index (χ3v) is 5.41. The van der Waals surface area contributed by atoms with Crippen LogP contribution in [-0.2, 0) is 0 Å². The topological polar surface area (TPSA) is 93.2 Å². The summed E-state index contributed by atoms with van der Waals surface area (Å²) in [7, 11) is 0. The standard InChI is InChI=1S/C21H18FN7O2/c22-15-5-7-16(8-6-15)28-21-17(13-25-28)20(23-14-24-21)27-11-9-26(10-12-27)18-3-1-2-4-19(18)29(30)31/h1-8,13-14H,9-12H2. The molecule has 1 aliphatic heterocycles. The van der Waals surface area contributed by atoms with Gasteiger partial charge in [0.15, 0.2) is 5.65 Å². The van der Waals surface area contributed by atoms with Crippen molar-refractivity contribution >= 4 is 28.2 Å². The molecule has 1 saturated heterocycles. The molecule has 9 nitrogen and oxygen atoms in total. The molecule has 1 fully saturated rings. The fraction of sp³-hybridized carbons (Fsp3) is 0.190. The van der Waals surface area contributed by atoms with Gasteiger partial charge in [0.1, 0.15) is 23.6 Å². The summed E-state index contributed by atoms with van der Waals surface area (Å²) < 4.78 is 14.9. The maximum absolute atomic E-state index is 13.3. The molecule has 0 unspecified atom stereocenters. The largest absolute Gasteiger partial charge is 0.362 e. The second kappa shape index (κ2) is 7.63. The van der Waals surface area contributed by atoms with Crippen LogP contribution in [0.25, 0.3) is 16.7 Å². The molecule has 0 radical (unpaired) electrons. The fourth-order valence-electron chi connectivity index (χ4n) is 3.90. The number of piperazine rings is 1. The van der Waals surface area contributed by atoms with Gasteiger partial charge in [0.25, 0.3) is 5.69 Å². The molecule has 0 bridgehead atoms. The van der Waals surface area contributed by atoms with Gasteiger partial charge in [0.05, 0.1) is 22.2 Å². The Balaban J connectivity index is 1.41. The number of nitrogens with zero attached hydrogens (tertiary/aromatic N) is 7. The highest BCUT2D eigenvalue weighted by atomic mass is 19.1. The van der Waals surface area contributed by atoms with E-state index in [4.69, 9.17) is 0 Å². The molecule has 10 heteroatoms. The Labute approximate surface area is 176 Å². The summed E-state index contributed by atoms with van der Waals surface area (Å²) in [6.45, 7) is 2.56. The number of hydrogen-bond acceptors (Lipinski definition) is 7. The predicted molar refractivity (Wildman–Crippen MR) is 114 cm³/mol. The zero-order valence-corrected chi connectivity index (χ0v) is 16.4. The summed E-state index contributed by atoms with van der Waals surface area (Å²) in [6.07, 6.45) is 3.20. The van der Waals surface area contributed by atoms with Gasteiger partial charge in [-0.15, -0.1) is 0 Å². The molecule has 0 N–H and O–H groups in total. The van der Waals surface area contributed by atoms with Crippen molar-refractivity contribution in [3.63, 3.8) is 0 Å². The molecule has 2 aromatic carbocycles. The van der Waals surface area contributed by atoms with Gasteiger partial charge in [-0.2, -0.15) is 5.10 Å². The van der Waals surface area contributed by atoms with Crippen LogP contribution in [0.5, 0.6) is 0 Å². The van der Waals surface area contributed by atoms with Crippen molar-refractivity contribution in [2.24, 2.45) is 0 Å². The summed E-state index contributed by atoms with van der Waals surface area (Å²) in [5.74, 6) is 0.452. The van der Waals surface area contributed by atoms with Crippen LogP contribution >= 0.6 is 0 Å². The average Bonchev–Trinajstić information content (AvgIpc) is 3.24. The maximum atomic E-state index is 13.3. The van der Waals surface area contributed by atoms with E-state index in [1.807, 2.05) is 11.0 Å². The molecule has 3 heterocycles. The van der Waals surface area contributed by atoms with E-state index in [2.05, 4.69) is 20.0 Å². The minimum atomic E-state index is -0.348. The first-order valence-electron chi connectivity index (χ1n) is 9.80. The Morgan fingerprint density at radius 3 is 2.39 bits per heavy atom. The lowest BCUT2D eigenvalue weighted by Crippen LogP contribution is -2.47. The zero-order chi connectivity index (χ0) is 21.4. The normalized spacial score (nSPS) is 14.2. The average molecular weight is 419 g/mol. The Kier molecular flexibility index (Phi) is 4.66. The molecule has 1 aliphatic rings. The summed E-state index contributed by atoms with van der Waals surface area (Å²) >= 11 is 0. The SMILES string of the molecule is O=[N+]([O-])c1ccccc1N1CCN(c2ncnc3c2cnn3-c2ccc(F)cc2)CC1. The maximum Gasteiger partial charge on any atom is 0.292 e. The van der Waals surface area contributed by atoms with Crippen LogP contribution < -0.4 is 9.80 Å². The van der Waals surface area contributed by atoms with Crippen molar-refractivity contribution in [3.05, 3.63) is 77.0 Å². The Morgan fingerprint density at radius 1 is 0.935 bits per heavy atom. The molecule has 2 aromatic heterocycles. The van der Waals surface area contributed by atoms with Gasteiger partial charge in [-0.1, -0.05) is 12.1 Å².